The number of ether oxygens (including phenoxy) is 1. The van der Waals surface area contributed by atoms with Gasteiger partial charge in [0.15, 0.2) is 5.05 Å². The van der Waals surface area contributed by atoms with Crippen molar-refractivity contribution in [3.05, 3.63) is 35.9 Å². The lowest BCUT2D eigenvalue weighted by atomic mass is 9.98. The Hall–Kier alpha value is -0.890. The van der Waals surface area contributed by atoms with Crippen LogP contribution in [0.15, 0.2) is 30.3 Å². The fraction of sp³-hybridized carbons (Fsp3) is 0.462. The largest absolute Gasteiger partial charge is 0.480 e. The van der Waals surface area contributed by atoms with E-state index in [0.29, 0.717) is 11.2 Å². The fourth-order valence-electron chi connectivity index (χ4n) is 1.98. The highest BCUT2D eigenvalue weighted by Crippen LogP contribution is 2.21. The minimum Gasteiger partial charge on any atom is -0.480 e. The first-order valence-corrected chi connectivity index (χ1v) is 6.03. The summed E-state index contributed by atoms with van der Waals surface area (Å²) >= 11 is 5.28. The number of hydrogen-bond acceptors (Lipinski definition) is 2. The summed E-state index contributed by atoms with van der Waals surface area (Å²) in [5, 5.41) is 0.655. The van der Waals surface area contributed by atoms with Crippen molar-refractivity contribution in [1.82, 2.24) is 0 Å². The van der Waals surface area contributed by atoms with Crippen LogP contribution < -0.4 is 0 Å². The summed E-state index contributed by atoms with van der Waals surface area (Å²) in [6.07, 6.45) is 6.58. The zero-order chi connectivity index (χ0) is 10.5. The molecule has 0 bridgehead atoms. The molecule has 0 unspecified atom stereocenters. The van der Waals surface area contributed by atoms with Crippen molar-refractivity contribution >= 4 is 17.3 Å². The second kappa shape index (κ2) is 5.26. The molecule has 1 fully saturated rings. The van der Waals surface area contributed by atoms with Gasteiger partial charge in [-0.05, 0) is 37.9 Å². The van der Waals surface area contributed by atoms with E-state index in [1.54, 1.807) is 0 Å². The molecule has 0 saturated heterocycles. The summed E-state index contributed by atoms with van der Waals surface area (Å²) in [4.78, 5) is 0. The van der Waals surface area contributed by atoms with Crippen LogP contribution in [-0.2, 0) is 4.74 Å². The van der Waals surface area contributed by atoms with Gasteiger partial charge in [0.1, 0.15) is 0 Å². The van der Waals surface area contributed by atoms with Gasteiger partial charge in [0.25, 0.3) is 0 Å². The van der Waals surface area contributed by atoms with Gasteiger partial charge >= 0.3 is 0 Å². The lowest BCUT2D eigenvalue weighted by molar-refractivity contribution is 0.148. The first-order chi connectivity index (χ1) is 7.36. The molecule has 0 N–H and O–H groups in total. The van der Waals surface area contributed by atoms with E-state index in [2.05, 4.69) is 0 Å². The van der Waals surface area contributed by atoms with Crippen LogP contribution in [0, 0.1) is 0 Å². The third kappa shape index (κ3) is 3.03. The Bertz CT molecular complexity index is 315. The van der Waals surface area contributed by atoms with Crippen molar-refractivity contribution in [3.63, 3.8) is 0 Å². The number of rotatable bonds is 2. The van der Waals surface area contributed by atoms with Crippen LogP contribution in [-0.4, -0.2) is 11.2 Å². The van der Waals surface area contributed by atoms with Crippen LogP contribution in [0.5, 0.6) is 0 Å². The van der Waals surface area contributed by atoms with Crippen molar-refractivity contribution in [2.24, 2.45) is 0 Å². The molecule has 2 rings (SSSR count). The van der Waals surface area contributed by atoms with E-state index in [1.807, 2.05) is 30.3 Å². The zero-order valence-electron chi connectivity index (χ0n) is 8.82. The molecule has 2 heteroatoms. The van der Waals surface area contributed by atoms with Crippen LogP contribution in [0.3, 0.4) is 0 Å². The van der Waals surface area contributed by atoms with Crippen LogP contribution in [0.1, 0.15) is 37.7 Å². The Morgan fingerprint density at radius 2 is 1.73 bits per heavy atom. The summed E-state index contributed by atoms with van der Waals surface area (Å²) in [6, 6.07) is 9.99. The van der Waals surface area contributed by atoms with Gasteiger partial charge in [-0.25, -0.2) is 0 Å². The van der Waals surface area contributed by atoms with Gasteiger partial charge in [-0.3, -0.25) is 0 Å². The number of benzene rings is 1. The molecule has 0 atom stereocenters. The second-order valence-electron chi connectivity index (χ2n) is 4.03. The van der Waals surface area contributed by atoms with Crippen molar-refractivity contribution in [2.75, 3.05) is 0 Å². The summed E-state index contributed by atoms with van der Waals surface area (Å²) in [5.41, 5.74) is 1.03. The molecule has 1 aliphatic carbocycles. The van der Waals surface area contributed by atoms with E-state index in [4.69, 9.17) is 17.0 Å². The average Bonchev–Trinajstić information content (AvgIpc) is 2.31. The smallest absolute Gasteiger partial charge is 0.191 e. The second-order valence-corrected chi connectivity index (χ2v) is 4.40. The van der Waals surface area contributed by atoms with Crippen molar-refractivity contribution in [2.45, 2.75) is 38.2 Å². The van der Waals surface area contributed by atoms with Crippen molar-refractivity contribution < 1.29 is 4.74 Å². The third-order valence-electron chi connectivity index (χ3n) is 2.84. The minimum absolute atomic E-state index is 0.353. The SMILES string of the molecule is S=C(OC1CCCCC1)c1ccccc1. The van der Waals surface area contributed by atoms with Crippen LogP contribution in [0.2, 0.25) is 0 Å². The topological polar surface area (TPSA) is 9.23 Å². The van der Waals surface area contributed by atoms with Gasteiger partial charge in [0.2, 0.25) is 0 Å². The molecule has 1 saturated carbocycles. The predicted molar refractivity (Wildman–Crippen MR) is 66.1 cm³/mol. The fourth-order valence-corrected chi connectivity index (χ4v) is 2.25. The average molecular weight is 220 g/mol. The molecule has 0 spiro atoms. The summed E-state index contributed by atoms with van der Waals surface area (Å²) in [5.74, 6) is 0. The Labute approximate surface area is 96.5 Å². The maximum atomic E-state index is 5.81. The molecular weight excluding hydrogens is 204 g/mol. The molecule has 1 nitrogen and oxygen atoms in total. The van der Waals surface area contributed by atoms with Gasteiger partial charge in [-0.1, -0.05) is 36.8 Å². The first kappa shape index (κ1) is 10.6. The van der Waals surface area contributed by atoms with E-state index < -0.39 is 0 Å². The first-order valence-electron chi connectivity index (χ1n) is 5.62. The predicted octanol–water partition coefficient (Wildman–Crippen LogP) is 3.71. The molecule has 1 aromatic rings. The Morgan fingerprint density at radius 1 is 1.07 bits per heavy atom. The lowest BCUT2D eigenvalue weighted by Crippen LogP contribution is -2.20. The van der Waals surface area contributed by atoms with Gasteiger partial charge in [-0.2, -0.15) is 0 Å². The molecule has 0 aromatic heterocycles. The summed E-state index contributed by atoms with van der Waals surface area (Å²) in [7, 11) is 0. The molecule has 1 aromatic carbocycles. The molecule has 0 heterocycles. The third-order valence-corrected chi connectivity index (χ3v) is 3.17. The van der Waals surface area contributed by atoms with E-state index in [1.165, 1.54) is 19.3 Å². The van der Waals surface area contributed by atoms with Crippen molar-refractivity contribution in [1.29, 1.82) is 0 Å². The summed E-state index contributed by atoms with van der Waals surface area (Å²) in [6.45, 7) is 0. The normalized spacial score (nSPS) is 17.3. The monoisotopic (exact) mass is 220 g/mol. The quantitative estimate of drug-likeness (QED) is 0.703. The Kier molecular flexibility index (Phi) is 3.73. The molecule has 0 aliphatic heterocycles. The zero-order valence-corrected chi connectivity index (χ0v) is 9.63. The molecule has 0 radical (unpaired) electrons. The van der Waals surface area contributed by atoms with Crippen LogP contribution in [0.4, 0.5) is 0 Å². The van der Waals surface area contributed by atoms with E-state index in [9.17, 15) is 0 Å². The van der Waals surface area contributed by atoms with Crippen LogP contribution >= 0.6 is 12.2 Å². The highest BCUT2D eigenvalue weighted by Gasteiger charge is 2.16. The van der Waals surface area contributed by atoms with Gasteiger partial charge < -0.3 is 4.74 Å². The summed E-state index contributed by atoms with van der Waals surface area (Å²) < 4.78 is 5.81. The number of thiocarbonyl (C=S) groups is 1. The Morgan fingerprint density at radius 3 is 2.40 bits per heavy atom. The Balaban J connectivity index is 1.91. The molecule has 1 aliphatic rings. The molecular formula is C13H16OS. The maximum Gasteiger partial charge on any atom is 0.191 e. The van der Waals surface area contributed by atoms with Crippen LogP contribution in [0.25, 0.3) is 0 Å². The van der Waals surface area contributed by atoms with Gasteiger partial charge in [-0.15, -0.1) is 0 Å². The van der Waals surface area contributed by atoms with Gasteiger partial charge in [0, 0.05) is 5.56 Å². The van der Waals surface area contributed by atoms with Gasteiger partial charge in [0.05, 0.1) is 6.10 Å². The van der Waals surface area contributed by atoms with E-state index in [-0.39, 0.29) is 0 Å². The molecule has 80 valence electrons. The molecule has 0 amide bonds. The van der Waals surface area contributed by atoms with E-state index >= 15 is 0 Å². The molecule has 15 heavy (non-hydrogen) atoms. The highest BCUT2D eigenvalue weighted by atomic mass is 32.1. The van der Waals surface area contributed by atoms with E-state index in [0.717, 1.165) is 18.4 Å². The van der Waals surface area contributed by atoms with Crippen molar-refractivity contribution in [3.8, 4) is 0 Å². The highest BCUT2D eigenvalue weighted by molar-refractivity contribution is 7.80. The standard InChI is InChI=1S/C13H16OS/c15-13(11-7-3-1-4-8-11)14-12-9-5-2-6-10-12/h1,3-4,7-8,12H,2,5-6,9-10H2. The maximum absolute atomic E-state index is 5.81. The number of hydrogen-bond donors (Lipinski definition) is 0. The minimum atomic E-state index is 0.353. The lowest BCUT2D eigenvalue weighted by Gasteiger charge is -2.23.